The van der Waals surface area contributed by atoms with Gasteiger partial charge in [-0.05, 0) is 18.6 Å². The van der Waals surface area contributed by atoms with E-state index in [1.807, 2.05) is 0 Å². The van der Waals surface area contributed by atoms with Gasteiger partial charge in [0.05, 0.1) is 17.2 Å². The van der Waals surface area contributed by atoms with Gasteiger partial charge in [0.25, 0.3) is 11.8 Å². The van der Waals surface area contributed by atoms with Crippen LogP contribution in [0.15, 0.2) is 24.3 Å². The molecule has 1 aliphatic rings. The van der Waals surface area contributed by atoms with Gasteiger partial charge in [0.1, 0.15) is 4.83 Å². The highest BCUT2D eigenvalue weighted by Gasteiger charge is 2.36. The standard InChI is InChI=1S/C14H14BrNO5/c1-21-10(11(15)14(19)20)6-7-16-12(17)8-4-2-3-5-9(8)13(16)18/h2-5,10-11H,6-7H2,1H3,(H,19,20)/t10-,11-/m0/s1. The van der Waals surface area contributed by atoms with Crippen molar-refractivity contribution in [2.45, 2.75) is 17.4 Å². The number of aliphatic carboxylic acids is 1. The van der Waals surface area contributed by atoms with Gasteiger partial charge in [-0.25, -0.2) is 0 Å². The van der Waals surface area contributed by atoms with Gasteiger partial charge in [-0.1, -0.05) is 28.1 Å². The molecule has 0 bridgehead atoms. The average molecular weight is 356 g/mol. The van der Waals surface area contributed by atoms with E-state index in [2.05, 4.69) is 15.9 Å². The first-order chi connectivity index (χ1) is 9.97. The van der Waals surface area contributed by atoms with Gasteiger partial charge in [0, 0.05) is 13.7 Å². The Hall–Kier alpha value is -1.73. The number of rotatable bonds is 6. The highest BCUT2D eigenvalue weighted by atomic mass is 79.9. The third-order valence-corrected chi connectivity index (χ3v) is 4.36. The molecule has 0 saturated heterocycles. The predicted octanol–water partition coefficient (Wildman–Crippen LogP) is 1.54. The monoisotopic (exact) mass is 355 g/mol. The van der Waals surface area contributed by atoms with E-state index in [4.69, 9.17) is 9.84 Å². The maximum Gasteiger partial charge on any atom is 0.319 e. The molecule has 1 aromatic rings. The second-order valence-electron chi connectivity index (χ2n) is 4.61. The minimum absolute atomic E-state index is 0.111. The molecule has 0 fully saturated rings. The second kappa shape index (κ2) is 6.36. The summed E-state index contributed by atoms with van der Waals surface area (Å²) in [5, 5.41) is 8.95. The van der Waals surface area contributed by atoms with E-state index in [0.29, 0.717) is 11.1 Å². The Morgan fingerprint density at radius 2 is 1.81 bits per heavy atom. The summed E-state index contributed by atoms with van der Waals surface area (Å²) in [5.41, 5.74) is 0.759. The van der Waals surface area contributed by atoms with Crippen LogP contribution < -0.4 is 0 Å². The second-order valence-corrected chi connectivity index (χ2v) is 5.60. The molecule has 2 rings (SSSR count). The van der Waals surface area contributed by atoms with Crippen LogP contribution in [0.5, 0.6) is 0 Å². The highest BCUT2D eigenvalue weighted by molar-refractivity contribution is 9.10. The molecule has 2 atom stereocenters. The first-order valence-electron chi connectivity index (χ1n) is 6.32. The van der Waals surface area contributed by atoms with E-state index in [1.165, 1.54) is 7.11 Å². The quantitative estimate of drug-likeness (QED) is 0.618. The summed E-state index contributed by atoms with van der Waals surface area (Å²) in [6.07, 6.45) is -0.392. The van der Waals surface area contributed by atoms with Crippen molar-refractivity contribution < 1.29 is 24.2 Å². The molecule has 7 heteroatoms. The van der Waals surface area contributed by atoms with Crippen LogP contribution in [0.4, 0.5) is 0 Å². The fourth-order valence-electron chi connectivity index (χ4n) is 2.24. The van der Waals surface area contributed by atoms with Crippen LogP contribution in [0, 0.1) is 0 Å². The number of carbonyl (C=O) groups is 3. The molecule has 1 aromatic carbocycles. The Balaban J connectivity index is 2.07. The Morgan fingerprint density at radius 3 is 2.24 bits per heavy atom. The van der Waals surface area contributed by atoms with E-state index in [0.717, 1.165) is 4.90 Å². The number of methoxy groups -OCH3 is 1. The maximum atomic E-state index is 12.1. The highest BCUT2D eigenvalue weighted by Crippen LogP contribution is 2.23. The third kappa shape index (κ3) is 2.98. The van der Waals surface area contributed by atoms with Crippen LogP contribution in [0.3, 0.4) is 0 Å². The number of carbonyl (C=O) groups excluding carboxylic acids is 2. The van der Waals surface area contributed by atoms with Gasteiger partial charge in [-0.15, -0.1) is 0 Å². The zero-order chi connectivity index (χ0) is 15.6. The van der Waals surface area contributed by atoms with Crippen molar-refractivity contribution >= 4 is 33.7 Å². The Morgan fingerprint density at radius 1 is 1.29 bits per heavy atom. The van der Waals surface area contributed by atoms with Crippen LogP contribution >= 0.6 is 15.9 Å². The van der Waals surface area contributed by atoms with Gasteiger partial charge in [0.2, 0.25) is 0 Å². The van der Waals surface area contributed by atoms with Crippen molar-refractivity contribution in [1.82, 2.24) is 4.90 Å². The number of nitrogens with zero attached hydrogens (tertiary/aromatic N) is 1. The molecule has 21 heavy (non-hydrogen) atoms. The third-order valence-electron chi connectivity index (χ3n) is 3.38. The molecule has 0 radical (unpaired) electrons. The number of fused-ring (bicyclic) bond motifs is 1. The van der Waals surface area contributed by atoms with Crippen LogP contribution in [-0.4, -0.2) is 52.4 Å². The zero-order valence-electron chi connectivity index (χ0n) is 11.3. The number of alkyl halides is 1. The lowest BCUT2D eigenvalue weighted by molar-refractivity contribution is -0.138. The maximum absolute atomic E-state index is 12.1. The lowest BCUT2D eigenvalue weighted by Crippen LogP contribution is -2.37. The smallest absolute Gasteiger partial charge is 0.319 e. The van der Waals surface area contributed by atoms with E-state index < -0.39 is 16.9 Å². The molecule has 0 aliphatic carbocycles. The van der Waals surface area contributed by atoms with E-state index in [-0.39, 0.29) is 24.8 Å². The largest absolute Gasteiger partial charge is 0.480 e. The van der Waals surface area contributed by atoms with Crippen molar-refractivity contribution in [2.24, 2.45) is 0 Å². The normalized spacial score (nSPS) is 16.8. The molecule has 1 aliphatic heterocycles. The number of carboxylic acids is 1. The van der Waals surface area contributed by atoms with Crippen LogP contribution in [-0.2, 0) is 9.53 Å². The Bertz CT molecular complexity index is 553. The van der Waals surface area contributed by atoms with Gasteiger partial charge < -0.3 is 9.84 Å². The van der Waals surface area contributed by atoms with Gasteiger partial charge in [-0.3, -0.25) is 19.3 Å². The molecule has 0 spiro atoms. The van der Waals surface area contributed by atoms with Crippen LogP contribution in [0.25, 0.3) is 0 Å². The molecule has 2 amide bonds. The summed E-state index contributed by atoms with van der Waals surface area (Å²) >= 11 is 3.02. The molecular formula is C14H14BrNO5. The van der Waals surface area contributed by atoms with Gasteiger partial charge >= 0.3 is 5.97 Å². The summed E-state index contributed by atoms with van der Waals surface area (Å²) < 4.78 is 5.10. The Kier molecular flexibility index (Phi) is 4.74. The summed E-state index contributed by atoms with van der Waals surface area (Å²) in [4.78, 5) is 35.5. The van der Waals surface area contributed by atoms with E-state index in [9.17, 15) is 14.4 Å². The number of amides is 2. The number of benzene rings is 1. The van der Waals surface area contributed by atoms with Gasteiger partial charge in [0.15, 0.2) is 0 Å². The summed E-state index contributed by atoms with van der Waals surface area (Å²) in [7, 11) is 1.39. The Labute approximate surface area is 129 Å². The minimum Gasteiger partial charge on any atom is -0.480 e. The number of imide groups is 1. The van der Waals surface area contributed by atoms with E-state index >= 15 is 0 Å². The summed E-state index contributed by atoms with van der Waals surface area (Å²) in [6.45, 7) is 0.111. The number of ether oxygens (including phenoxy) is 1. The van der Waals surface area contributed by atoms with Crippen molar-refractivity contribution in [1.29, 1.82) is 0 Å². The average Bonchev–Trinajstić information content (AvgIpc) is 2.72. The van der Waals surface area contributed by atoms with Crippen molar-refractivity contribution in [2.75, 3.05) is 13.7 Å². The van der Waals surface area contributed by atoms with Crippen LogP contribution in [0.1, 0.15) is 27.1 Å². The van der Waals surface area contributed by atoms with Gasteiger partial charge in [-0.2, -0.15) is 0 Å². The van der Waals surface area contributed by atoms with Crippen molar-refractivity contribution in [3.8, 4) is 0 Å². The molecule has 0 aromatic heterocycles. The van der Waals surface area contributed by atoms with Crippen molar-refractivity contribution in [3.05, 3.63) is 35.4 Å². The topological polar surface area (TPSA) is 83.9 Å². The number of hydrogen-bond acceptors (Lipinski definition) is 4. The molecular weight excluding hydrogens is 342 g/mol. The molecule has 0 unspecified atom stereocenters. The fourth-order valence-corrected chi connectivity index (χ4v) is 2.72. The lowest BCUT2D eigenvalue weighted by atomic mass is 10.1. The fraction of sp³-hybridized carbons (Fsp3) is 0.357. The summed E-state index contributed by atoms with van der Waals surface area (Å²) in [5.74, 6) is -1.76. The molecule has 6 nitrogen and oxygen atoms in total. The number of carboxylic acid groups (broad SMARTS) is 1. The van der Waals surface area contributed by atoms with Crippen LogP contribution in [0.2, 0.25) is 0 Å². The summed E-state index contributed by atoms with van der Waals surface area (Å²) in [6, 6.07) is 6.61. The minimum atomic E-state index is -1.05. The number of hydrogen-bond donors (Lipinski definition) is 1. The first-order valence-corrected chi connectivity index (χ1v) is 7.23. The predicted molar refractivity (Wildman–Crippen MR) is 77.6 cm³/mol. The molecule has 0 saturated carbocycles. The van der Waals surface area contributed by atoms with E-state index in [1.54, 1.807) is 24.3 Å². The lowest BCUT2D eigenvalue weighted by Gasteiger charge is -2.21. The SMILES string of the molecule is CO[C@@H](CCN1C(=O)c2ccccc2C1=O)[C@H](Br)C(=O)O. The van der Waals surface area contributed by atoms with Crippen molar-refractivity contribution in [3.63, 3.8) is 0 Å². The number of halogens is 1. The zero-order valence-corrected chi connectivity index (χ0v) is 12.9. The first kappa shape index (κ1) is 15.7. The molecule has 1 N–H and O–H groups in total. The molecule has 112 valence electrons. The molecule has 1 heterocycles.